The summed E-state index contributed by atoms with van der Waals surface area (Å²) in [5.41, 5.74) is 1.25. The fourth-order valence-electron chi connectivity index (χ4n) is 1.92. The summed E-state index contributed by atoms with van der Waals surface area (Å²) in [7, 11) is 0. The Morgan fingerprint density at radius 2 is 1.67 bits per heavy atom. The smallest absolute Gasteiger partial charge is 0.252 e. The summed E-state index contributed by atoms with van der Waals surface area (Å²) >= 11 is 11.8. The van der Waals surface area contributed by atoms with E-state index < -0.39 is 0 Å². The fraction of sp³-hybridized carbons (Fsp3) is 0.111. The molecule has 2 N–H and O–H groups in total. The molecule has 2 aromatic carbocycles. The van der Waals surface area contributed by atoms with E-state index in [2.05, 4.69) is 10.6 Å². The molecule has 2 rings (SSSR count). The van der Waals surface area contributed by atoms with Crippen LogP contribution in [0.1, 0.15) is 15.9 Å². The number of rotatable bonds is 6. The quantitative estimate of drug-likeness (QED) is 0.609. The molecule has 0 aliphatic carbocycles. The summed E-state index contributed by atoms with van der Waals surface area (Å²) in [5.74, 6) is -0.564. The maximum Gasteiger partial charge on any atom is 0.252 e. The zero-order chi connectivity index (χ0) is 17.4. The van der Waals surface area contributed by atoms with Gasteiger partial charge in [-0.2, -0.15) is 0 Å². The Kier molecular flexibility index (Phi) is 6.85. The number of nitrogens with one attached hydrogen (secondary N) is 2. The minimum absolute atomic E-state index is 0.228. The molecule has 0 saturated heterocycles. The highest BCUT2D eigenvalue weighted by molar-refractivity contribution is 6.35. The van der Waals surface area contributed by atoms with E-state index in [0.29, 0.717) is 22.2 Å². The zero-order valence-electron chi connectivity index (χ0n) is 12.8. The predicted octanol–water partition coefficient (Wildman–Crippen LogP) is 3.55. The third kappa shape index (κ3) is 5.72. The molecule has 6 heteroatoms. The van der Waals surface area contributed by atoms with E-state index in [1.54, 1.807) is 18.2 Å². The van der Waals surface area contributed by atoms with Crippen LogP contribution in [0.25, 0.3) is 6.08 Å². The number of carbonyl (C=O) groups is 2. The molecule has 0 spiro atoms. The van der Waals surface area contributed by atoms with Crippen LogP contribution in [0.15, 0.2) is 54.6 Å². The molecule has 0 aliphatic heterocycles. The summed E-state index contributed by atoms with van der Waals surface area (Å²) in [6.45, 7) is 0.592. The fourth-order valence-corrected chi connectivity index (χ4v) is 2.30. The predicted molar refractivity (Wildman–Crippen MR) is 97.3 cm³/mol. The van der Waals surface area contributed by atoms with Gasteiger partial charge in [-0.05, 0) is 29.8 Å². The highest BCUT2D eigenvalue weighted by Crippen LogP contribution is 2.20. The lowest BCUT2D eigenvalue weighted by Gasteiger charge is -2.07. The van der Waals surface area contributed by atoms with Gasteiger partial charge in [0.2, 0.25) is 5.91 Å². The van der Waals surface area contributed by atoms with E-state index in [4.69, 9.17) is 23.2 Å². The number of carbonyl (C=O) groups excluding carboxylic acids is 2. The second kappa shape index (κ2) is 9.11. The minimum Gasteiger partial charge on any atom is -0.351 e. The van der Waals surface area contributed by atoms with Gasteiger partial charge in [0.1, 0.15) is 0 Å². The number of halogens is 2. The van der Waals surface area contributed by atoms with Crippen LogP contribution in [0.5, 0.6) is 0 Å². The van der Waals surface area contributed by atoms with Crippen LogP contribution in [0.2, 0.25) is 10.0 Å². The van der Waals surface area contributed by atoms with E-state index in [9.17, 15) is 9.59 Å². The molecule has 24 heavy (non-hydrogen) atoms. The topological polar surface area (TPSA) is 58.2 Å². The Morgan fingerprint density at radius 3 is 2.42 bits per heavy atom. The highest BCUT2D eigenvalue weighted by Gasteiger charge is 2.10. The van der Waals surface area contributed by atoms with Gasteiger partial charge in [-0.15, -0.1) is 0 Å². The highest BCUT2D eigenvalue weighted by atomic mass is 35.5. The Labute approximate surface area is 150 Å². The van der Waals surface area contributed by atoms with Crippen LogP contribution in [0.3, 0.4) is 0 Å². The van der Waals surface area contributed by atoms with Crippen molar-refractivity contribution in [2.75, 3.05) is 13.1 Å². The molecule has 4 nitrogen and oxygen atoms in total. The summed E-state index contributed by atoms with van der Waals surface area (Å²) in [4.78, 5) is 23.7. The standard InChI is InChI=1S/C18H16Cl2N2O2/c19-14-7-8-16(20)15(12-14)18(24)22-11-10-21-17(23)9-6-13-4-2-1-3-5-13/h1-9,12H,10-11H2,(H,21,23)(H,22,24)/b9-6+. The third-order valence-electron chi connectivity index (χ3n) is 3.11. The van der Waals surface area contributed by atoms with Gasteiger partial charge < -0.3 is 10.6 Å². The third-order valence-corrected chi connectivity index (χ3v) is 3.67. The summed E-state index contributed by atoms with van der Waals surface area (Å²) in [6.07, 6.45) is 3.17. The molecular weight excluding hydrogens is 347 g/mol. The lowest BCUT2D eigenvalue weighted by atomic mass is 10.2. The van der Waals surface area contributed by atoms with Crippen LogP contribution in [-0.2, 0) is 4.79 Å². The molecule has 0 unspecified atom stereocenters. The Morgan fingerprint density at radius 1 is 0.958 bits per heavy atom. The van der Waals surface area contributed by atoms with Gasteiger partial charge in [-0.25, -0.2) is 0 Å². The normalized spacial score (nSPS) is 10.6. The van der Waals surface area contributed by atoms with Gasteiger partial charge in [-0.1, -0.05) is 53.5 Å². The second-order valence-electron chi connectivity index (χ2n) is 4.92. The molecule has 0 bridgehead atoms. The molecule has 2 aromatic rings. The Hall–Kier alpha value is -2.30. The molecule has 0 aromatic heterocycles. The van der Waals surface area contributed by atoms with E-state index >= 15 is 0 Å². The zero-order valence-corrected chi connectivity index (χ0v) is 14.3. The SMILES string of the molecule is O=C(/C=C/c1ccccc1)NCCNC(=O)c1cc(Cl)ccc1Cl. The maximum absolute atomic E-state index is 12.0. The average molecular weight is 363 g/mol. The minimum atomic E-state index is -0.337. The van der Waals surface area contributed by atoms with Crippen molar-refractivity contribution in [2.24, 2.45) is 0 Å². The first-order valence-electron chi connectivity index (χ1n) is 7.30. The lowest BCUT2D eigenvalue weighted by molar-refractivity contribution is -0.116. The number of hydrogen-bond donors (Lipinski definition) is 2. The van der Waals surface area contributed by atoms with Crippen molar-refractivity contribution in [3.8, 4) is 0 Å². The molecule has 0 aliphatic rings. The van der Waals surface area contributed by atoms with Crippen molar-refractivity contribution >= 4 is 41.1 Å². The molecule has 0 fully saturated rings. The van der Waals surface area contributed by atoms with Crippen molar-refractivity contribution < 1.29 is 9.59 Å². The second-order valence-corrected chi connectivity index (χ2v) is 5.76. The van der Waals surface area contributed by atoms with Crippen LogP contribution in [-0.4, -0.2) is 24.9 Å². The molecule has 0 atom stereocenters. The molecule has 2 amide bonds. The monoisotopic (exact) mass is 362 g/mol. The molecule has 0 heterocycles. The van der Waals surface area contributed by atoms with Crippen molar-refractivity contribution in [1.82, 2.24) is 10.6 Å². The average Bonchev–Trinajstić information content (AvgIpc) is 2.59. The number of amides is 2. The lowest BCUT2D eigenvalue weighted by Crippen LogP contribution is -2.34. The van der Waals surface area contributed by atoms with Gasteiger partial charge in [0.15, 0.2) is 0 Å². The van der Waals surface area contributed by atoms with Gasteiger partial charge in [-0.3, -0.25) is 9.59 Å². The molecule has 124 valence electrons. The van der Waals surface area contributed by atoms with Crippen molar-refractivity contribution in [3.63, 3.8) is 0 Å². The van der Waals surface area contributed by atoms with Crippen LogP contribution >= 0.6 is 23.2 Å². The van der Waals surface area contributed by atoms with Gasteiger partial charge in [0, 0.05) is 24.2 Å². The van der Waals surface area contributed by atoms with E-state index in [-0.39, 0.29) is 18.4 Å². The number of hydrogen-bond acceptors (Lipinski definition) is 2. The first-order valence-corrected chi connectivity index (χ1v) is 8.06. The van der Waals surface area contributed by atoms with Crippen molar-refractivity contribution in [3.05, 3.63) is 75.8 Å². The largest absolute Gasteiger partial charge is 0.351 e. The van der Waals surface area contributed by atoms with Crippen molar-refractivity contribution in [2.45, 2.75) is 0 Å². The maximum atomic E-state index is 12.0. The van der Waals surface area contributed by atoms with Gasteiger partial charge in [0.05, 0.1) is 10.6 Å². The Balaban J connectivity index is 1.74. The summed E-state index contributed by atoms with van der Waals surface area (Å²) in [5, 5.41) is 6.12. The number of benzene rings is 2. The first-order chi connectivity index (χ1) is 11.6. The van der Waals surface area contributed by atoms with Crippen molar-refractivity contribution in [1.29, 1.82) is 0 Å². The van der Waals surface area contributed by atoms with Gasteiger partial charge >= 0.3 is 0 Å². The summed E-state index contributed by atoms with van der Waals surface area (Å²) in [6, 6.07) is 14.2. The van der Waals surface area contributed by atoms with E-state index in [0.717, 1.165) is 5.56 Å². The molecule has 0 saturated carbocycles. The Bertz CT molecular complexity index is 746. The molecule has 0 radical (unpaired) electrons. The van der Waals surface area contributed by atoms with Crippen LogP contribution in [0, 0.1) is 0 Å². The van der Waals surface area contributed by atoms with E-state index in [1.807, 2.05) is 30.3 Å². The van der Waals surface area contributed by atoms with Gasteiger partial charge in [0.25, 0.3) is 5.91 Å². The first kappa shape index (κ1) is 18.0. The van der Waals surface area contributed by atoms with E-state index in [1.165, 1.54) is 12.1 Å². The summed E-state index contributed by atoms with van der Waals surface area (Å²) < 4.78 is 0. The molecular formula is C18H16Cl2N2O2. The van der Waals surface area contributed by atoms with Crippen LogP contribution < -0.4 is 10.6 Å². The van der Waals surface area contributed by atoms with Crippen LogP contribution in [0.4, 0.5) is 0 Å².